The number of aliphatic carboxylic acids is 1. The second-order valence-electron chi connectivity index (χ2n) is 5.16. The number of hydrogen-bond acceptors (Lipinski definition) is 3. The zero-order valence-electron chi connectivity index (χ0n) is 11.3. The highest BCUT2D eigenvalue weighted by Gasteiger charge is 2.48. The minimum Gasteiger partial charge on any atom is -0.480 e. The number of carbonyl (C=O) groups excluding carboxylic acids is 1. The van der Waals surface area contributed by atoms with E-state index < -0.39 is 23.4 Å². The number of carbonyl (C=O) groups is 2. The number of nitriles is 1. The molecule has 0 heterocycles. The third kappa shape index (κ3) is 3.11. The van der Waals surface area contributed by atoms with E-state index >= 15 is 0 Å². The largest absolute Gasteiger partial charge is 0.480 e. The van der Waals surface area contributed by atoms with E-state index in [0.29, 0.717) is 0 Å². The molecular formula is C14H14FN3O3. The third-order valence-electron chi connectivity index (χ3n) is 3.56. The van der Waals surface area contributed by atoms with Gasteiger partial charge in [0, 0.05) is 0 Å². The predicted octanol–water partition coefficient (Wildman–Crippen LogP) is 2.07. The van der Waals surface area contributed by atoms with Crippen LogP contribution in [0.4, 0.5) is 14.9 Å². The lowest BCUT2D eigenvalue weighted by Crippen LogP contribution is -2.55. The van der Waals surface area contributed by atoms with Gasteiger partial charge in [-0.1, -0.05) is 0 Å². The van der Waals surface area contributed by atoms with Crippen molar-refractivity contribution in [1.82, 2.24) is 5.32 Å². The van der Waals surface area contributed by atoms with E-state index in [1.165, 1.54) is 13.0 Å². The van der Waals surface area contributed by atoms with Gasteiger partial charge < -0.3 is 15.7 Å². The topological polar surface area (TPSA) is 102 Å². The number of nitrogens with one attached hydrogen (secondary N) is 2. The fourth-order valence-corrected chi connectivity index (χ4v) is 2.10. The molecule has 1 aromatic carbocycles. The van der Waals surface area contributed by atoms with Crippen molar-refractivity contribution in [2.75, 3.05) is 5.32 Å². The van der Waals surface area contributed by atoms with Crippen molar-refractivity contribution in [3.05, 3.63) is 29.6 Å². The smallest absolute Gasteiger partial charge is 0.329 e. The molecule has 1 atom stereocenters. The minimum absolute atomic E-state index is 0.0337. The number of hydrogen-bond donors (Lipinski definition) is 3. The number of carboxylic acids is 1. The Morgan fingerprint density at radius 3 is 2.67 bits per heavy atom. The molecule has 0 saturated heterocycles. The highest BCUT2D eigenvalue weighted by Crippen LogP contribution is 2.39. The van der Waals surface area contributed by atoms with Gasteiger partial charge in [-0.05, 0) is 43.9 Å². The van der Waals surface area contributed by atoms with Crippen LogP contribution in [0.5, 0.6) is 0 Å². The second kappa shape index (κ2) is 5.40. The molecule has 0 aromatic heterocycles. The molecule has 1 fully saturated rings. The van der Waals surface area contributed by atoms with E-state index in [1.807, 2.05) is 0 Å². The van der Waals surface area contributed by atoms with Crippen LogP contribution in [0.15, 0.2) is 18.2 Å². The zero-order valence-corrected chi connectivity index (χ0v) is 11.3. The Labute approximate surface area is 120 Å². The van der Waals surface area contributed by atoms with Gasteiger partial charge in [0.15, 0.2) is 0 Å². The third-order valence-corrected chi connectivity index (χ3v) is 3.56. The molecule has 6 nitrogen and oxygen atoms in total. The van der Waals surface area contributed by atoms with E-state index in [2.05, 4.69) is 10.6 Å². The van der Waals surface area contributed by atoms with Crippen molar-refractivity contribution in [1.29, 1.82) is 5.26 Å². The van der Waals surface area contributed by atoms with E-state index in [1.54, 1.807) is 6.07 Å². The number of carboxylic acid groups (broad SMARTS) is 1. The summed E-state index contributed by atoms with van der Waals surface area (Å²) in [6.07, 6.45) is 1.48. The molecule has 1 unspecified atom stereocenters. The van der Waals surface area contributed by atoms with Crippen molar-refractivity contribution in [3.8, 4) is 6.07 Å². The normalized spacial score (nSPS) is 16.4. The summed E-state index contributed by atoms with van der Waals surface area (Å²) in [4.78, 5) is 23.2. The van der Waals surface area contributed by atoms with E-state index in [-0.39, 0.29) is 17.2 Å². The van der Waals surface area contributed by atoms with Gasteiger partial charge in [-0.15, -0.1) is 0 Å². The van der Waals surface area contributed by atoms with Crippen molar-refractivity contribution < 1.29 is 19.1 Å². The fraction of sp³-hybridized carbons (Fsp3) is 0.357. The number of benzene rings is 1. The van der Waals surface area contributed by atoms with Gasteiger partial charge in [0.25, 0.3) is 0 Å². The number of urea groups is 1. The SMILES string of the molecule is CC(NC(=O)Nc1ccc(F)cc1C#N)(C(=O)O)C1CC1. The van der Waals surface area contributed by atoms with Crippen molar-refractivity contribution in [3.63, 3.8) is 0 Å². The molecule has 110 valence electrons. The van der Waals surface area contributed by atoms with Crippen LogP contribution in [0, 0.1) is 23.1 Å². The summed E-state index contributed by atoms with van der Waals surface area (Å²) in [5.74, 6) is -1.81. The Morgan fingerprint density at radius 2 is 2.14 bits per heavy atom. The summed E-state index contributed by atoms with van der Waals surface area (Å²) >= 11 is 0. The lowest BCUT2D eigenvalue weighted by Gasteiger charge is -2.26. The summed E-state index contributed by atoms with van der Waals surface area (Å²) in [5.41, 5.74) is -1.26. The lowest BCUT2D eigenvalue weighted by molar-refractivity contribution is -0.144. The standard InChI is InChI=1S/C14H14FN3O3/c1-14(12(19)20,9-2-3-9)18-13(21)17-11-5-4-10(15)6-8(11)7-16/h4-6,9H,2-3H2,1H3,(H,19,20)(H2,17,18,21). The van der Waals surface area contributed by atoms with Crippen LogP contribution in [-0.2, 0) is 4.79 Å². The highest BCUT2D eigenvalue weighted by atomic mass is 19.1. The molecule has 0 aliphatic heterocycles. The molecule has 0 spiro atoms. The van der Waals surface area contributed by atoms with Crippen LogP contribution < -0.4 is 10.6 Å². The van der Waals surface area contributed by atoms with Crippen molar-refractivity contribution >= 4 is 17.7 Å². The number of halogens is 1. The van der Waals surface area contributed by atoms with E-state index in [9.17, 15) is 19.1 Å². The fourth-order valence-electron chi connectivity index (χ4n) is 2.10. The van der Waals surface area contributed by atoms with E-state index in [0.717, 1.165) is 25.0 Å². The summed E-state index contributed by atoms with van der Waals surface area (Å²) in [5, 5.41) is 22.9. The molecule has 0 radical (unpaired) electrons. The molecule has 7 heteroatoms. The Kier molecular flexibility index (Phi) is 3.80. The first-order valence-electron chi connectivity index (χ1n) is 6.39. The van der Waals surface area contributed by atoms with Gasteiger partial charge in [-0.25, -0.2) is 14.0 Å². The first-order chi connectivity index (χ1) is 9.86. The van der Waals surface area contributed by atoms with Gasteiger partial charge in [0.2, 0.25) is 0 Å². The highest BCUT2D eigenvalue weighted by molar-refractivity contribution is 5.95. The van der Waals surface area contributed by atoms with Gasteiger partial charge in [-0.3, -0.25) is 0 Å². The minimum atomic E-state index is -1.35. The molecule has 2 amide bonds. The average molecular weight is 291 g/mol. The molecule has 2 rings (SSSR count). The number of amides is 2. The van der Waals surface area contributed by atoms with Gasteiger partial charge in [0.1, 0.15) is 17.4 Å². The van der Waals surface area contributed by atoms with Crippen LogP contribution in [0.2, 0.25) is 0 Å². The first-order valence-corrected chi connectivity index (χ1v) is 6.39. The van der Waals surface area contributed by atoms with E-state index in [4.69, 9.17) is 5.26 Å². The zero-order chi connectivity index (χ0) is 15.6. The average Bonchev–Trinajstić information content (AvgIpc) is 3.25. The maximum atomic E-state index is 13.0. The Balaban J connectivity index is 2.12. The molecule has 1 aromatic rings. The number of nitrogens with zero attached hydrogens (tertiary/aromatic N) is 1. The quantitative estimate of drug-likeness (QED) is 0.790. The summed E-state index contributed by atoms with van der Waals surface area (Å²) < 4.78 is 13.0. The monoisotopic (exact) mass is 291 g/mol. The number of anilines is 1. The molecule has 1 aliphatic rings. The van der Waals surface area contributed by atoms with Gasteiger partial charge in [0.05, 0.1) is 11.3 Å². The Bertz CT molecular complexity index is 637. The van der Waals surface area contributed by atoms with Crippen LogP contribution in [0.3, 0.4) is 0 Å². The summed E-state index contributed by atoms with van der Waals surface area (Å²) in [6, 6.07) is 4.37. The van der Waals surface area contributed by atoms with Crippen molar-refractivity contribution in [2.45, 2.75) is 25.3 Å². The second-order valence-corrected chi connectivity index (χ2v) is 5.16. The summed E-state index contributed by atoms with van der Waals surface area (Å²) in [7, 11) is 0. The molecule has 0 bridgehead atoms. The molecule has 1 aliphatic carbocycles. The predicted molar refractivity (Wildman–Crippen MR) is 72.0 cm³/mol. The Hall–Kier alpha value is -2.62. The van der Waals surface area contributed by atoms with Gasteiger partial charge in [-0.2, -0.15) is 5.26 Å². The maximum Gasteiger partial charge on any atom is 0.329 e. The Morgan fingerprint density at radius 1 is 1.48 bits per heavy atom. The lowest BCUT2D eigenvalue weighted by atomic mass is 9.96. The van der Waals surface area contributed by atoms with Crippen LogP contribution in [0.25, 0.3) is 0 Å². The van der Waals surface area contributed by atoms with Crippen LogP contribution in [-0.4, -0.2) is 22.6 Å². The van der Waals surface area contributed by atoms with Gasteiger partial charge >= 0.3 is 12.0 Å². The molecular weight excluding hydrogens is 277 g/mol. The molecule has 3 N–H and O–H groups in total. The first kappa shape index (κ1) is 14.8. The van der Waals surface area contributed by atoms with Crippen molar-refractivity contribution in [2.24, 2.45) is 5.92 Å². The maximum absolute atomic E-state index is 13.0. The number of rotatable bonds is 4. The van der Waals surface area contributed by atoms with Crippen LogP contribution >= 0.6 is 0 Å². The molecule has 21 heavy (non-hydrogen) atoms. The molecule has 1 saturated carbocycles. The summed E-state index contributed by atoms with van der Waals surface area (Å²) in [6.45, 7) is 1.45. The van der Waals surface area contributed by atoms with Crippen LogP contribution in [0.1, 0.15) is 25.3 Å².